The summed E-state index contributed by atoms with van der Waals surface area (Å²) in [6, 6.07) is 16.6. The highest BCUT2D eigenvalue weighted by atomic mass is 16.3. The third-order valence-electron chi connectivity index (χ3n) is 6.59. The van der Waals surface area contributed by atoms with Gasteiger partial charge in [0.25, 0.3) is 11.8 Å². The second kappa shape index (κ2) is 10.2. The van der Waals surface area contributed by atoms with E-state index in [-0.39, 0.29) is 30.3 Å². The number of aryl methyl sites for hydroxylation is 1. The summed E-state index contributed by atoms with van der Waals surface area (Å²) < 4.78 is 1.68. The van der Waals surface area contributed by atoms with Crippen LogP contribution in [-0.4, -0.2) is 55.7 Å². The second-order valence-electron chi connectivity index (χ2n) is 9.21. The monoisotopic (exact) mass is 496 g/mol. The van der Waals surface area contributed by atoms with Crippen LogP contribution in [0.15, 0.2) is 73.2 Å². The maximum Gasteiger partial charge on any atom is 0.255 e. The van der Waals surface area contributed by atoms with E-state index in [1.165, 1.54) is 0 Å². The molecule has 9 nitrogen and oxygen atoms in total. The van der Waals surface area contributed by atoms with Gasteiger partial charge in [-0.05, 0) is 47.4 Å². The summed E-state index contributed by atoms with van der Waals surface area (Å²) in [4.78, 5) is 32.0. The van der Waals surface area contributed by atoms with Crippen molar-refractivity contribution < 1.29 is 14.7 Å². The van der Waals surface area contributed by atoms with Gasteiger partial charge in [-0.3, -0.25) is 14.3 Å². The molecule has 3 heterocycles. The number of nitrogens with zero attached hydrogens (tertiary/aromatic N) is 4. The molecule has 1 aliphatic rings. The summed E-state index contributed by atoms with van der Waals surface area (Å²) in [6.45, 7) is 0.949. The number of aromatic nitrogens is 3. The minimum atomic E-state index is -0.315. The fourth-order valence-electron chi connectivity index (χ4n) is 4.55. The molecule has 1 aliphatic heterocycles. The number of carbonyl (C=O) groups excluding carboxylic acids is 2. The summed E-state index contributed by atoms with van der Waals surface area (Å²) in [6.07, 6.45) is 5.81. The van der Waals surface area contributed by atoms with E-state index in [4.69, 9.17) is 5.73 Å². The van der Waals surface area contributed by atoms with Crippen LogP contribution in [0.3, 0.4) is 0 Å². The molecule has 5 rings (SSSR count). The van der Waals surface area contributed by atoms with Crippen molar-refractivity contribution in [3.05, 3.63) is 89.9 Å². The number of hydrogen-bond acceptors (Lipinski definition) is 6. The second-order valence-corrected chi connectivity index (χ2v) is 9.21. The number of benzene rings is 2. The van der Waals surface area contributed by atoms with E-state index in [0.29, 0.717) is 30.6 Å². The van der Waals surface area contributed by atoms with Crippen LogP contribution in [0.25, 0.3) is 22.3 Å². The van der Waals surface area contributed by atoms with Crippen LogP contribution < -0.4 is 11.1 Å². The third kappa shape index (κ3) is 5.22. The standard InChI is InChI=1S/C28H28N6O3/c1-33-15-23(14-31-33)22-12-25(26(29)30-13-22)27(36)32-24-9-10-34(16-24)28(37)20-7-5-19(6-8-20)21-4-2-3-18(11-21)17-35/h2-8,11-15,24,35H,9-10,16-17H2,1H3,(H2,29,30)(H,32,36)/t24-/m1/s1. The van der Waals surface area contributed by atoms with Gasteiger partial charge in [0.2, 0.25) is 0 Å². The first kappa shape index (κ1) is 24.2. The van der Waals surface area contributed by atoms with Crippen LogP contribution >= 0.6 is 0 Å². The van der Waals surface area contributed by atoms with Crippen LogP contribution in [0.4, 0.5) is 5.82 Å². The van der Waals surface area contributed by atoms with E-state index >= 15 is 0 Å². The Hall–Kier alpha value is -4.50. The number of aliphatic hydroxyl groups is 1. The molecule has 37 heavy (non-hydrogen) atoms. The number of nitrogens with two attached hydrogens (primary N) is 1. The van der Waals surface area contributed by atoms with Gasteiger partial charge in [0.1, 0.15) is 5.82 Å². The zero-order chi connectivity index (χ0) is 25.9. The molecule has 1 atom stereocenters. The normalized spacial score (nSPS) is 15.1. The molecule has 9 heteroatoms. The zero-order valence-corrected chi connectivity index (χ0v) is 20.5. The molecule has 0 aliphatic carbocycles. The molecule has 0 bridgehead atoms. The fourth-order valence-corrected chi connectivity index (χ4v) is 4.55. The quantitative estimate of drug-likeness (QED) is 0.377. The highest BCUT2D eigenvalue weighted by Crippen LogP contribution is 2.24. The smallest absolute Gasteiger partial charge is 0.255 e. The summed E-state index contributed by atoms with van der Waals surface area (Å²) in [5.74, 6) is -0.239. The maximum absolute atomic E-state index is 13.1. The van der Waals surface area contributed by atoms with E-state index in [2.05, 4.69) is 15.4 Å². The average Bonchev–Trinajstić information content (AvgIpc) is 3.57. The summed E-state index contributed by atoms with van der Waals surface area (Å²) in [5, 5.41) is 16.5. The Balaban J connectivity index is 1.22. The molecule has 4 aromatic rings. The van der Waals surface area contributed by atoms with Crippen molar-refractivity contribution in [2.24, 2.45) is 7.05 Å². The number of aliphatic hydroxyl groups excluding tert-OH is 1. The van der Waals surface area contributed by atoms with E-state index in [1.54, 1.807) is 28.0 Å². The number of hydrogen-bond donors (Lipinski definition) is 3. The highest BCUT2D eigenvalue weighted by molar-refractivity contribution is 6.00. The van der Waals surface area contributed by atoms with Crippen molar-refractivity contribution in [2.75, 3.05) is 18.8 Å². The molecular formula is C28H28N6O3. The number of anilines is 1. The first-order chi connectivity index (χ1) is 17.9. The summed E-state index contributed by atoms with van der Waals surface area (Å²) >= 11 is 0. The lowest BCUT2D eigenvalue weighted by atomic mass is 10.0. The zero-order valence-electron chi connectivity index (χ0n) is 20.5. The third-order valence-corrected chi connectivity index (χ3v) is 6.59. The van der Waals surface area contributed by atoms with Crippen molar-refractivity contribution in [3.8, 4) is 22.3 Å². The first-order valence-electron chi connectivity index (χ1n) is 12.1. The molecule has 2 aromatic carbocycles. The van der Waals surface area contributed by atoms with Crippen molar-refractivity contribution in [1.82, 2.24) is 25.0 Å². The molecule has 0 spiro atoms. The highest BCUT2D eigenvalue weighted by Gasteiger charge is 2.29. The molecule has 2 aromatic heterocycles. The molecule has 4 N–H and O–H groups in total. The van der Waals surface area contributed by atoms with Gasteiger partial charge in [0.05, 0.1) is 18.4 Å². The van der Waals surface area contributed by atoms with Crippen molar-refractivity contribution in [3.63, 3.8) is 0 Å². The Morgan fingerprint density at radius 2 is 1.86 bits per heavy atom. The Bertz CT molecular complexity index is 1450. The summed E-state index contributed by atoms with van der Waals surface area (Å²) in [5.41, 5.74) is 11.3. The van der Waals surface area contributed by atoms with Gasteiger partial charge in [0.15, 0.2) is 0 Å². The number of amides is 2. The lowest BCUT2D eigenvalue weighted by molar-refractivity contribution is 0.0783. The van der Waals surface area contributed by atoms with E-state index in [1.807, 2.05) is 61.8 Å². The predicted octanol–water partition coefficient (Wildman–Crippen LogP) is 2.87. The largest absolute Gasteiger partial charge is 0.392 e. The van der Waals surface area contributed by atoms with E-state index in [9.17, 15) is 14.7 Å². The van der Waals surface area contributed by atoms with Gasteiger partial charge in [0, 0.05) is 55.3 Å². The van der Waals surface area contributed by atoms with Crippen LogP contribution in [0.1, 0.15) is 32.7 Å². The minimum Gasteiger partial charge on any atom is -0.392 e. The predicted molar refractivity (Wildman–Crippen MR) is 140 cm³/mol. The number of likely N-dealkylation sites (tertiary alicyclic amines) is 1. The Labute approximate surface area is 214 Å². The first-order valence-corrected chi connectivity index (χ1v) is 12.1. The molecule has 1 fully saturated rings. The maximum atomic E-state index is 13.1. The van der Waals surface area contributed by atoms with Gasteiger partial charge >= 0.3 is 0 Å². The number of nitrogens with one attached hydrogen (secondary N) is 1. The van der Waals surface area contributed by atoms with Crippen molar-refractivity contribution in [2.45, 2.75) is 19.1 Å². The van der Waals surface area contributed by atoms with Crippen LogP contribution in [0, 0.1) is 0 Å². The number of carbonyl (C=O) groups is 2. The number of pyridine rings is 1. The van der Waals surface area contributed by atoms with Gasteiger partial charge in [-0.2, -0.15) is 5.10 Å². The Kier molecular flexibility index (Phi) is 6.70. The summed E-state index contributed by atoms with van der Waals surface area (Å²) in [7, 11) is 1.82. The Morgan fingerprint density at radius 3 is 2.59 bits per heavy atom. The number of rotatable bonds is 6. The lowest BCUT2D eigenvalue weighted by Gasteiger charge is -2.18. The van der Waals surface area contributed by atoms with Gasteiger partial charge in [-0.15, -0.1) is 0 Å². The average molecular weight is 497 g/mol. The molecule has 2 amide bonds. The van der Waals surface area contributed by atoms with E-state index in [0.717, 1.165) is 27.8 Å². The molecule has 1 saturated heterocycles. The van der Waals surface area contributed by atoms with Crippen LogP contribution in [0.5, 0.6) is 0 Å². The molecule has 0 unspecified atom stereocenters. The van der Waals surface area contributed by atoms with Gasteiger partial charge in [-0.1, -0.05) is 30.3 Å². The topological polar surface area (TPSA) is 126 Å². The minimum absolute atomic E-state index is 0.0177. The van der Waals surface area contributed by atoms with Crippen molar-refractivity contribution in [1.29, 1.82) is 0 Å². The van der Waals surface area contributed by atoms with Crippen LogP contribution in [-0.2, 0) is 13.7 Å². The fraction of sp³-hybridized carbons (Fsp3) is 0.214. The van der Waals surface area contributed by atoms with E-state index < -0.39 is 0 Å². The van der Waals surface area contributed by atoms with Gasteiger partial charge in [-0.25, -0.2) is 4.98 Å². The molecule has 0 saturated carbocycles. The number of nitrogen functional groups attached to an aromatic ring is 1. The van der Waals surface area contributed by atoms with Gasteiger partial charge < -0.3 is 21.1 Å². The van der Waals surface area contributed by atoms with Crippen LogP contribution in [0.2, 0.25) is 0 Å². The molecule has 0 radical (unpaired) electrons. The Morgan fingerprint density at radius 1 is 1.05 bits per heavy atom. The van der Waals surface area contributed by atoms with Crippen molar-refractivity contribution >= 4 is 17.6 Å². The molecular weight excluding hydrogens is 468 g/mol. The SMILES string of the molecule is Cn1cc(-c2cnc(N)c(C(=O)N[C@@H]3CCN(C(=O)c4ccc(-c5cccc(CO)c5)cc4)C3)c2)cn1. The lowest BCUT2D eigenvalue weighted by Crippen LogP contribution is -2.38. The molecule has 188 valence electrons.